The SMILES string of the molecule is COC(C)O[Si](CCP(=O)(O)O)(OC(C)OC)OC(C)OC. The molecule has 11 heteroatoms. The Bertz CT molecular complexity index is 319. The van der Waals surface area contributed by atoms with Gasteiger partial charge >= 0.3 is 16.4 Å². The molecule has 0 heterocycles. The Balaban J connectivity index is 5.31. The average Bonchev–Trinajstić information content (AvgIpc) is 2.43. The minimum Gasteiger partial charge on any atom is -0.357 e. The molecular formula is C11H27O9PSi. The summed E-state index contributed by atoms with van der Waals surface area (Å²) in [6, 6.07) is -0.105. The van der Waals surface area contributed by atoms with Crippen LogP contribution < -0.4 is 0 Å². The third kappa shape index (κ3) is 9.31. The number of rotatable bonds is 12. The molecule has 0 fully saturated rings. The Morgan fingerprint density at radius 1 is 0.864 bits per heavy atom. The highest BCUT2D eigenvalue weighted by atomic mass is 31.2. The predicted molar refractivity (Wildman–Crippen MR) is 80.1 cm³/mol. The second-order valence-corrected chi connectivity index (χ2v) is 8.93. The molecule has 3 unspecified atom stereocenters. The molecule has 0 bridgehead atoms. The normalized spacial score (nSPS) is 19.5. The summed E-state index contributed by atoms with van der Waals surface area (Å²) >= 11 is 0. The summed E-state index contributed by atoms with van der Waals surface area (Å²) in [6.07, 6.45) is -2.49. The van der Waals surface area contributed by atoms with Crippen molar-refractivity contribution in [2.75, 3.05) is 27.5 Å². The van der Waals surface area contributed by atoms with E-state index < -0.39 is 41.4 Å². The first-order chi connectivity index (χ1) is 10.1. The Kier molecular flexibility index (Phi) is 10.1. The number of hydrogen-bond donors (Lipinski definition) is 2. The van der Waals surface area contributed by atoms with E-state index in [1.165, 1.54) is 21.3 Å². The molecule has 0 aliphatic rings. The van der Waals surface area contributed by atoms with Crippen LogP contribution in [-0.4, -0.2) is 65.0 Å². The van der Waals surface area contributed by atoms with E-state index in [2.05, 4.69) is 0 Å². The fourth-order valence-corrected chi connectivity index (χ4v) is 6.03. The molecule has 0 aromatic carbocycles. The van der Waals surface area contributed by atoms with Crippen molar-refractivity contribution in [1.82, 2.24) is 0 Å². The topological polar surface area (TPSA) is 113 Å². The van der Waals surface area contributed by atoms with Gasteiger partial charge in [0.25, 0.3) is 0 Å². The quantitative estimate of drug-likeness (QED) is 0.300. The van der Waals surface area contributed by atoms with Gasteiger partial charge in [0.1, 0.15) is 18.9 Å². The minimum atomic E-state index is -4.25. The van der Waals surface area contributed by atoms with Crippen LogP contribution in [0.4, 0.5) is 0 Å². The first kappa shape index (κ1) is 22.1. The molecule has 0 spiro atoms. The van der Waals surface area contributed by atoms with Crippen LogP contribution in [0.2, 0.25) is 6.04 Å². The van der Waals surface area contributed by atoms with Gasteiger partial charge in [-0.2, -0.15) is 0 Å². The molecule has 0 rings (SSSR count). The van der Waals surface area contributed by atoms with E-state index in [1.54, 1.807) is 20.8 Å². The Hall–Kier alpha value is 0.127. The Morgan fingerprint density at radius 3 is 1.41 bits per heavy atom. The van der Waals surface area contributed by atoms with Crippen LogP contribution in [0, 0.1) is 0 Å². The molecule has 9 nitrogen and oxygen atoms in total. The first-order valence-electron chi connectivity index (χ1n) is 6.74. The summed E-state index contributed by atoms with van der Waals surface area (Å²) in [5.41, 5.74) is 0. The van der Waals surface area contributed by atoms with Gasteiger partial charge in [-0.25, -0.2) is 0 Å². The fourth-order valence-electron chi connectivity index (χ4n) is 1.45. The second kappa shape index (κ2) is 10.1. The van der Waals surface area contributed by atoms with E-state index in [0.29, 0.717) is 0 Å². The number of methoxy groups -OCH3 is 3. The molecule has 0 saturated carbocycles. The van der Waals surface area contributed by atoms with Crippen LogP contribution >= 0.6 is 7.60 Å². The van der Waals surface area contributed by atoms with E-state index in [4.69, 9.17) is 37.3 Å². The molecule has 2 N–H and O–H groups in total. The first-order valence-corrected chi connectivity index (χ1v) is 10.5. The summed E-state index contributed by atoms with van der Waals surface area (Å²) in [5.74, 6) is 0. The van der Waals surface area contributed by atoms with E-state index in [1.807, 2.05) is 0 Å². The Labute approximate surface area is 132 Å². The van der Waals surface area contributed by atoms with Gasteiger partial charge in [-0.3, -0.25) is 4.57 Å². The van der Waals surface area contributed by atoms with E-state index in [0.717, 1.165) is 0 Å². The van der Waals surface area contributed by atoms with E-state index >= 15 is 0 Å². The monoisotopic (exact) mass is 362 g/mol. The summed E-state index contributed by atoms with van der Waals surface area (Å²) in [7, 11) is -3.46. The van der Waals surface area contributed by atoms with Crippen LogP contribution in [-0.2, 0) is 32.1 Å². The van der Waals surface area contributed by atoms with Gasteiger partial charge in [-0.05, 0) is 20.8 Å². The summed E-state index contributed by atoms with van der Waals surface area (Å²) in [6.45, 7) is 4.88. The molecule has 3 atom stereocenters. The van der Waals surface area contributed by atoms with E-state index in [-0.39, 0.29) is 6.04 Å². The van der Waals surface area contributed by atoms with Crippen LogP contribution in [0.25, 0.3) is 0 Å². The maximum Gasteiger partial charge on any atom is 0.507 e. The van der Waals surface area contributed by atoms with Crippen molar-refractivity contribution in [3.8, 4) is 0 Å². The molecule has 0 aromatic rings. The van der Waals surface area contributed by atoms with Crippen molar-refractivity contribution in [2.45, 2.75) is 45.7 Å². The molecule has 134 valence electrons. The zero-order valence-electron chi connectivity index (χ0n) is 13.8. The van der Waals surface area contributed by atoms with Gasteiger partial charge in [0.15, 0.2) is 0 Å². The highest BCUT2D eigenvalue weighted by Crippen LogP contribution is 2.38. The van der Waals surface area contributed by atoms with Gasteiger partial charge in [0.2, 0.25) is 0 Å². The molecular weight excluding hydrogens is 335 g/mol. The molecule has 0 aliphatic carbocycles. The molecule has 0 amide bonds. The number of ether oxygens (including phenoxy) is 3. The van der Waals surface area contributed by atoms with E-state index in [9.17, 15) is 4.57 Å². The van der Waals surface area contributed by atoms with Crippen LogP contribution in [0.15, 0.2) is 0 Å². The lowest BCUT2D eigenvalue weighted by Gasteiger charge is -2.35. The largest absolute Gasteiger partial charge is 0.507 e. The standard InChI is InChI=1S/C11H27O9PSi/c1-9(15-4)18-22(19-10(2)16-5,20-11(3)17-6)8-7-21(12,13)14/h9-11H,7-8H2,1-6H3,(H2,12,13,14). The molecule has 0 aliphatic heterocycles. The van der Waals surface area contributed by atoms with Crippen molar-refractivity contribution in [3.05, 3.63) is 0 Å². The van der Waals surface area contributed by atoms with Crippen LogP contribution in [0.1, 0.15) is 20.8 Å². The third-order valence-corrected chi connectivity index (χ3v) is 6.90. The lowest BCUT2D eigenvalue weighted by molar-refractivity contribution is -0.162. The smallest absolute Gasteiger partial charge is 0.357 e. The predicted octanol–water partition coefficient (Wildman–Crippen LogP) is 1.13. The van der Waals surface area contributed by atoms with Gasteiger partial charge in [-0.15, -0.1) is 0 Å². The average molecular weight is 362 g/mol. The van der Waals surface area contributed by atoms with Gasteiger partial charge < -0.3 is 37.3 Å². The number of hydrogen-bond acceptors (Lipinski definition) is 7. The fraction of sp³-hybridized carbons (Fsp3) is 1.00. The lowest BCUT2D eigenvalue weighted by atomic mass is 10.8. The van der Waals surface area contributed by atoms with Crippen molar-refractivity contribution in [3.63, 3.8) is 0 Å². The maximum absolute atomic E-state index is 11.2. The molecule has 0 saturated heterocycles. The van der Waals surface area contributed by atoms with Crippen molar-refractivity contribution >= 4 is 16.4 Å². The molecule has 0 radical (unpaired) electrons. The summed E-state index contributed by atoms with van der Waals surface area (Å²) in [5, 5.41) is 0. The zero-order valence-corrected chi connectivity index (χ0v) is 15.7. The van der Waals surface area contributed by atoms with Crippen LogP contribution in [0.5, 0.6) is 0 Å². The highest BCUT2D eigenvalue weighted by molar-refractivity contribution is 7.51. The van der Waals surface area contributed by atoms with Crippen molar-refractivity contribution in [1.29, 1.82) is 0 Å². The minimum absolute atomic E-state index is 0.105. The Morgan fingerprint density at radius 2 is 1.18 bits per heavy atom. The molecule has 0 aromatic heterocycles. The van der Waals surface area contributed by atoms with Crippen LogP contribution in [0.3, 0.4) is 0 Å². The third-order valence-electron chi connectivity index (χ3n) is 2.74. The van der Waals surface area contributed by atoms with Gasteiger partial charge in [0.05, 0.1) is 6.16 Å². The molecule has 22 heavy (non-hydrogen) atoms. The summed E-state index contributed by atoms with van der Waals surface area (Å²) in [4.78, 5) is 18.3. The lowest BCUT2D eigenvalue weighted by Crippen LogP contribution is -2.53. The van der Waals surface area contributed by atoms with Crippen molar-refractivity contribution in [2.24, 2.45) is 0 Å². The highest BCUT2D eigenvalue weighted by Gasteiger charge is 2.47. The van der Waals surface area contributed by atoms with Gasteiger partial charge in [-0.1, -0.05) is 0 Å². The maximum atomic E-state index is 11.2. The van der Waals surface area contributed by atoms with Crippen molar-refractivity contribution < 1.29 is 41.8 Å². The van der Waals surface area contributed by atoms with Gasteiger partial charge in [0, 0.05) is 27.4 Å². The zero-order chi connectivity index (χ0) is 17.4. The summed E-state index contributed by atoms with van der Waals surface area (Å²) < 4.78 is 43.4. The second-order valence-electron chi connectivity index (χ2n) is 4.58.